The Morgan fingerprint density at radius 1 is 1.22 bits per heavy atom. The third kappa shape index (κ3) is 3.35. The monoisotopic (exact) mass is 325 g/mol. The van der Waals surface area contributed by atoms with Gasteiger partial charge in [-0.1, -0.05) is 36.4 Å². The molecular weight excluding hydrogens is 306 g/mol. The van der Waals surface area contributed by atoms with Crippen molar-refractivity contribution in [2.24, 2.45) is 0 Å². The molecule has 0 aliphatic heterocycles. The summed E-state index contributed by atoms with van der Waals surface area (Å²) in [5.74, 6) is 0.00946. The second-order valence-corrected chi connectivity index (χ2v) is 6.32. The molecule has 23 heavy (non-hydrogen) atoms. The summed E-state index contributed by atoms with van der Waals surface area (Å²) in [7, 11) is 1.81. The van der Waals surface area contributed by atoms with Gasteiger partial charge in [-0.05, 0) is 23.9 Å². The largest absolute Gasteiger partial charge is 0.342 e. The van der Waals surface area contributed by atoms with E-state index in [1.165, 1.54) is 0 Å². The second-order valence-electron chi connectivity index (χ2n) is 5.37. The van der Waals surface area contributed by atoms with Crippen LogP contribution in [-0.4, -0.2) is 34.2 Å². The molecule has 0 N–H and O–H groups in total. The topological polar surface area (TPSA) is 38.1 Å². The molecule has 0 radical (unpaired) electrons. The molecular formula is C18H19N3OS. The molecule has 1 aromatic carbocycles. The Morgan fingerprint density at radius 3 is 2.65 bits per heavy atom. The minimum Gasteiger partial charge on any atom is -0.342 e. The number of benzene rings is 1. The van der Waals surface area contributed by atoms with Gasteiger partial charge in [-0.15, -0.1) is 11.3 Å². The molecule has 5 heteroatoms. The van der Waals surface area contributed by atoms with Crippen LogP contribution in [0.25, 0.3) is 10.6 Å². The number of thiophene rings is 1. The number of hydrogen-bond donors (Lipinski definition) is 0. The van der Waals surface area contributed by atoms with Crippen LogP contribution in [0.3, 0.4) is 0 Å². The molecule has 2 heterocycles. The van der Waals surface area contributed by atoms with Crippen molar-refractivity contribution in [3.8, 4) is 10.6 Å². The van der Waals surface area contributed by atoms with Crippen molar-refractivity contribution in [2.45, 2.75) is 13.5 Å². The highest BCUT2D eigenvalue weighted by atomic mass is 32.1. The van der Waals surface area contributed by atoms with Crippen LogP contribution in [0.5, 0.6) is 0 Å². The van der Waals surface area contributed by atoms with Crippen LogP contribution >= 0.6 is 11.3 Å². The molecule has 2 aromatic heterocycles. The lowest BCUT2D eigenvalue weighted by Gasteiger charge is -2.13. The number of amides is 1. The highest BCUT2D eigenvalue weighted by molar-refractivity contribution is 7.13. The van der Waals surface area contributed by atoms with Crippen molar-refractivity contribution in [1.29, 1.82) is 0 Å². The highest BCUT2D eigenvalue weighted by Crippen LogP contribution is 2.27. The number of rotatable bonds is 5. The molecule has 0 saturated carbocycles. The zero-order valence-electron chi connectivity index (χ0n) is 13.3. The van der Waals surface area contributed by atoms with Gasteiger partial charge in [0.15, 0.2) is 0 Å². The van der Waals surface area contributed by atoms with E-state index in [1.807, 2.05) is 60.6 Å². The standard InChI is InChI=1S/C18H19N3OS/c1-3-20(2)18(22)15-13-21(12-14-8-5-4-6-9-14)19-17(15)16-10-7-11-23-16/h4-11,13H,3,12H2,1-2H3. The number of carbonyl (C=O) groups excluding carboxylic acids is 1. The van der Waals surface area contributed by atoms with E-state index in [0.29, 0.717) is 18.7 Å². The Kier molecular flexibility index (Phi) is 4.57. The molecule has 0 saturated heterocycles. The first kappa shape index (κ1) is 15.5. The van der Waals surface area contributed by atoms with Crippen molar-refractivity contribution in [1.82, 2.24) is 14.7 Å². The maximum Gasteiger partial charge on any atom is 0.257 e. The van der Waals surface area contributed by atoms with Crippen LogP contribution in [0.1, 0.15) is 22.8 Å². The average molecular weight is 325 g/mol. The summed E-state index contributed by atoms with van der Waals surface area (Å²) in [5, 5.41) is 6.67. The van der Waals surface area contributed by atoms with Crippen LogP contribution in [0.15, 0.2) is 54.0 Å². The molecule has 0 atom stereocenters. The maximum absolute atomic E-state index is 12.6. The fourth-order valence-electron chi connectivity index (χ4n) is 2.37. The first-order valence-corrected chi connectivity index (χ1v) is 8.47. The molecule has 0 aliphatic rings. The normalized spacial score (nSPS) is 10.7. The summed E-state index contributed by atoms with van der Waals surface area (Å²) in [5.41, 5.74) is 2.59. The number of carbonyl (C=O) groups is 1. The van der Waals surface area contributed by atoms with Crippen molar-refractivity contribution in [3.05, 3.63) is 65.2 Å². The van der Waals surface area contributed by atoms with Gasteiger partial charge < -0.3 is 4.90 Å². The molecule has 0 fully saturated rings. The predicted molar refractivity (Wildman–Crippen MR) is 93.7 cm³/mol. The van der Waals surface area contributed by atoms with E-state index >= 15 is 0 Å². The van der Waals surface area contributed by atoms with E-state index < -0.39 is 0 Å². The minimum absolute atomic E-state index is 0.00946. The zero-order chi connectivity index (χ0) is 16.2. The van der Waals surface area contributed by atoms with Gasteiger partial charge in [-0.3, -0.25) is 9.48 Å². The summed E-state index contributed by atoms with van der Waals surface area (Å²) in [6.07, 6.45) is 1.86. The smallest absolute Gasteiger partial charge is 0.257 e. The first-order chi connectivity index (χ1) is 11.2. The van der Waals surface area contributed by atoms with Crippen LogP contribution < -0.4 is 0 Å². The van der Waals surface area contributed by atoms with E-state index in [4.69, 9.17) is 0 Å². The molecule has 3 rings (SSSR count). The molecule has 4 nitrogen and oxygen atoms in total. The Bertz CT molecular complexity index is 778. The van der Waals surface area contributed by atoms with Gasteiger partial charge in [0.1, 0.15) is 5.69 Å². The van der Waals surface area contributed by atoms with Crippen molar-refractivity contribution in [2.75, 3.05) is 13.6 Å². The first-order valence-electron chi connectivity index (χ1n) is 7.59. The zero-order valence-corrected chi connectivity index (χ0v) is 14.1. The summed E-state index contributed by atoms with van der Waals surface area (Å²) in [6.45, 7) is 3.30. The minimum atomic E-state index is 0.00946. The molecule has 3 aromatic rings. The van der Waals surface area contributed by atoms with E-state index in [-0.39, 0.29) is 5.91 Å². The van der Waals surface area contributed by atoms with Crippen LogP contribution in [-0.2, 0) is 6.54 Å². The van der Waals surface area contributed by atoms with Gasteiger partial charge in [-0.25, -0.2) is 0 Å². The molecule has 0 bridgehead atoms. The molecule has 0 spiro atoms. The van der Waals surface area contributed by atoms with Gasteiger partial charge in [0.05, 0.1) is 17.0 Å². The lowest BCUT2D eigenvalue weighted by molar-refractivity contribution is 0.0803. The van der Waals surface area contributed by atoms with Crippen LogP contribution in [0, 0.1) is 0 Å². The summed E-state index contributed by atoms with van der Waals surface area (Å²) in [4.78, 5) is 15.4. The van der Waals surface area contributed by atoms with Gasteiger partial charge in [0.2, 0.25) is 0 Å². The molecule has 0 unspecified atom stereocenters. The maximum atomic E-state index is 12.6. The van der Waals surface area contributed by atoms with Crippen molar-refractivity contribution in [3.63, 3.8) is 0 Å². The Hall–Kier alpha value is -2.40. The van der Waals surface area contributed by atoms with Gasteiger partial charge in [0, 0.05) is 19.8 Å². The molecule has 0 aliphatic carbocycles. The lowest BCUT2D eigenvalue weighted by atomic mass is 10.2. The number of aromatic nitrogens is 2. The fourth-order valence-corrected chi connectivity index (χ4v) is 3.10. The van der Waals surface area contributed by atoms with Gasteiger partial charge >= 0.3 is 0 Å². The fraction of sp³-hybridized carbons (Fsp3) is 0.222. The van der Waals surface area contributed by atoms with E-state index in [9.17, 15) is 4.79 Å². The molecule has 118 valence electrons. The average Bonchev–Trinajstić information content (AvgIpc) is 3.23. The quantitative estimate of drug-likeness (QED) is 0.716. The SMILES string of the molecule is CCN(C)C(=O)c1cn(Cc2ccccc2)nc1-c1cccs1. The third-order valence-electron chi connectivity index (χ3n) is 3.76. The van der Waals surface area contributed by atoms with Crippen molar-refractivity contribution >= 4 is 17.2 Å². The predicted octanol–water partition coefficient (Wildman–Crippen LogP) is 3.75. The summed E-state index contributed by atoms with van der Waals surface area (Å²) in [6, 6.07) is 14.1. The van der Waals surface area contributed by atoms with E-state index in [0.717, 1.165) is 16.1 Å². The highest BCUT2D eigenvalue weighted by Gasteiger charge is 2.20. The lowest BCUT2D eigenvalue weighted by Crippen LogP contribution is -2.26. The van der Waals surface area contributed by atoms with Crippen LogP contribution in [0.4, 0.5) is 0 Å². The van der Waals surface area contributed by atoms with Crippen molar-refractivity contribution < 1.29 is 4.79 Å². The summed E-state index contributed by atoms with van der Waals surface area (Å²) < 4.78 is 1.85. The molecule has 1 amide bonds. The van der Waals surface area contributed by atoms with Crippen LogP contribution in [0.2, 0.25) is 0 Å². The van der Waals surface area contributed by atoms with Gasteiger partial charge in [0.25, 0.3) is 5.91 Å². The number of nitrogens with zero attached hydrogens (tertiary/aromatic N) is 3. The summed E-state index contributed by atoms with van der Waals surface area (Å²) >= 11 is 1.60. The number of hydrogen-bond acceptors (Lipinski definition) is 3. The second kappa shape index (κ2) is 6.79. The Labute approximate surface area is 140 Å². The third-order valence-corrected chi connectivity index (χ3v) is 4.63. The van der Waals surface area contributed by atoms with Gasteiger partial charge in [-0.2, -0.15) is 5.10 Å². The Morgan fingerprint density at radius 2 is 2.00 bits per heavy atom. The van der Waals surface area contributed by atoms with E-state index in [2.05, 4.69) is 17.2 Å². The Balaban J connectivity index is 1.98. The van der Waals surface area contributed by atoms with E-state index in [1.54, 1.807) is 16.2 Å².